The van der Waals surface area contributed by atoms with E-state index in [-0.39, 0.29) is 11.4 Å². The number of benzene rings is 2. The summed E-state index contributed by atoms with van der Waals surface area (Å²) >= 11 is 12.4. The second kappa shape index (κ2) is 7.47. The Morgan fingerprint density at radius 2 is 1.42 bits per heavy atom. The van der Waals surface area contributed by atoms with Crippen LogP contribution in [0.25, 0.3) is 0 Å². The van der Waals surface area contributed by atoms with E-state index >= 15 is 0 Å². The lowest BCUT2D eigenvalue weighted by molar-refractivity contribution is 0.682. The fourth-order valence-electron chi connectivity index (χ4n) is 2.53. The van der Waals surface area contributed by atoms with Crippen molar-refractivity contribution in [3.8, 4) is 6.07 Å². The predicted molar refractivity (Wildman–Crippen MR) is 103 cm³/mol. The summed E-state index contributed by atoms with van der Waals surface area (Å²) in [5, 5.41) is 9.97. The molecule has 0 heterocycles. The maximum Gasteiger partial charge on any atom is 0.0766 e. The quantitative estimate of drug-likeness (QED) is 0.585. The van der Waals surface area contributed by atoms with Crippen LogP contribution in [0.15, 0.2) is 48.5 Å². The van der Waals surface area contributed by atoms with Crippen LogP contribution in [0.3, 0.4) is 0 Å². The topological polar surface area (TPSA) is 27.0 Å². The fourth-order valence-corrected chi connectivity index (χ4v) is 2.77. The van der Waals surface area contributed by atoms with Gasteiger partial charge in [-0.25, -0.2) is 0 Å². The Kier molecular flexibility index (Phi) is 5.80. The molecular weight excluding hydrogens is 339 g/mol. The Hall–Kier alpha value is -1.69. The number of alkyl halides is 1. The van der Waals surface area contributed by atoms with Gasteiger partial charge in [0, 0.05) is 22.4 Å². The fraction of sp³-hybridized carbons (Fsp3) is 0.350. The summed E-state index contributed by atoms with van der Waals surface area (Å²) in [7, 11) is 0. The molecule has 2 aromatic rings. The highest BCUT2D eigenvalue weighted by molar-refractivity contribution is 6.30. The van der Waals surface area contributed by atoms with Crippen molar-refractivity contribution < 1.29 is 0 Å². The highest BCUT2D eigenvalue weighted by Crippen LogP contribution is 2.33. The van der Waals surface area contributed by atoms with Crippen LogP contribution in [0.1, 0.15) is 33.3 Å². The van der Waals surface area contributed by atoms with Gasteiger partial charge in [0.15, 0.2) is 0 Å². The summed E-state index contributed by atoms with van der Waals surface area (Å²) in [6.07, 6.45) is 0. The first-order valence-corrected chi connectivity index (χ1v) is 8.78. The van der Waals surface area contributed by atoms with Gasteiger partial charge in [0.25, 0.3) is 0 Å². The van der Waals surface area contributed by atoms with Crippen molar-refractivity contribution in [2.75, 3.05) is 4.90 Å². The van der Waals surface area contributed by atoms with E-state index in [2.05, 4.69) is 17.9 Å². The molecule has 0 saturated carbocycles. The van der Waals surface area contributed by atoms with Gasteiger partial charge in [-0.1, -0.05) is 23.7 Å². The van der Waals surface area contributed by atoms with E-state index in [1.54, 1.807) is 0 Å². The van der Waals surface area contributed by atoms with Gasteiger partial charge in [-0.15, -0.1) is 11.6 Å². The van der Waals surface area contributed by atoms with Crippen molar-refractivity contribution in [3.05, 3.63) is 59.1 Å². The molecule has 24 heavy (non-hydrogen) atoms. The summed E-state index contributed by atoms with van der Waals surface area (Å²) in [5.74, 6) is 0. The lowest BCUT2D eigenvalue weighted by atomic mass is 9.86. The second-order valence-electron chi connectivity index (χ2n) is 6.55. The van der Waals surface area contributed by atoms with Crippen molar-refractivity contribution in [3.63, 3.8) is 0 Å². The minimum atomic E-state index is -0.505. The third-order valence-electron chi connectivity index (χ3n) is 4.32. The first-order chi connectivity index (χ1) is 11.3. The first-order valence-electron chi connectivity index (χ1n) is 7.97. The molecule has 2 nitrogen and oxygen atoms in total. The smallest absolute Gasteiger partial charge is 0.0766 e. The van der Waals surface area contributed by atoms with E-state index in [1.165, 1.54) is 0 Å². The average Bonchev–Trinajstić information content (AvgIpc) is 2.57. The maximum atomic E-state index is 9.30. The van der Waals surface area contributed by atoms with Gasteiger partial charge < -0.3 is 4.90 Å². The Morgan fingerprint density at radius 3 is 1.83 bits per heavy atom. The third kappa shape index (κ3) is 4.04. The molecule has 0 bridgehead atoms. The van der Waals surface area contributed by atoms with Crippen LogP contribution in [0, 0.1) is 11.3 Å². The molecule has 126 valence electrons. The standard InChI is InChI=1S/C20H22Cl2N2/c1-14(21)15(2)24(19-11-7-17(22)8-12-19)18-9-5-16(6-10-18)20(3,4)13-23/h5-12,14-15H,1-4H3/t14-,15?/m1/s1. The lowest BCUT2D eigenvalue weighted by Gasteiger charge is -2.33. The molecule has 0 saturated heterocycles. The molecule has 0 fully saturated rings. The monoisotopic (exact) mass is 360 g/mol. The number of nitriles is 1. The molecular formula is C20H22Cl2N2. The van der Waals surface area contributed by atoms with Crippen molar-refractivity contribution in [2.45, 2.75) is 44.5 Å². The van der Waals surface area contributed by atoms with E-state index in [0.29, 0.717) is 5.02 Å². The van der Waals surface area contributed by atoms with Crippen LogP contribution in [-0.4, -0.2) is 11.4 Å². The number of nitrogens with zero attached hydrogens (tertiary/aromatic N) is 2. The third-order valence-corrected chi connectivity index (χ3v) is 4.94. The van der Waals surface area contributed by atoms with Gasteiger partial charge in [-0.2, -0.15) is 5.26 Å². The van der Waals surface area contributed by atoms with Gasteiger partial charge in [0.1, 0.15) is 0 Å². The van der Waals surface area contributed by atoms with Crippen molar-refractivity contribution in [1.29, 1.82) is 5.26 Å². The zero-order valence-electron chi connectivity index (χ0n) is 14.4. The summed E-state index contributed by atoms with van der Waals surface area (Å²) in [5.41, 5.74) is 2.56. The summed E-state index contributed by atoms with van der Waals surface area (Å²) < 4.78 is 0. The lowest BCUT2D eigenvalue weighted by Crippen LogP contribution is -2.34. The number of rotatable bonds is 5. The van der Waals surface area contributed by atoms with Crippen LogP contribution in [-0.2, 0) is 5.41 Å². The second-order valence-corrected chi connectivity index (χ2v) is 7.67. The molecule has 2 aromatic carbocycles. The van der Waals surface area contributed by atoms with Crippen LogP contribution in [0.5, 0.6) is 0 Å². The zero-order chi connectivity index (χ0) is 17.9. The largest absolute Gasteiger partial charge is 0.337 e. The minimum absolute atomic E-state index is 0.0316. The normalized spacial score (nSPS) is 13.9. The summed E-state index contributed by atoms with van der Waals surface area (Å²) in [4.78, 5) is 2.19. The molecule has 1 unspecified atom stereocenters. The van der Waals surface area contributed by atoms with E-state index in [9.17, 15) is 5.26 Å². The molecule has 0 aromatic heterocycles. The van der Waals surface area contributed by atoms with Gasteiger partial charge in [0.2, 0.25) is 0 Å². The van der Waals surface area contributed by atoms with E-state index < -0.39 is 5.41 Å². The SMILES string of the molecule is CC([C@@H](C)Cl)N(c1ccc(Cl)cc1)c1ccc(C(C)(C)C#N)cc1. The highest BCUT2D eigenvalue weighted by Gasteiger charge is 2.23. The molecule has 4 heteroatoms. The maximum absolute atomic E-state index is 9.30. The summed E-state index contributed by atoms with van der Waals surface area (Å²) in [6, 6.07) is 18.3. The van der Waals surface area contributed by atoms with Crippen molar-refractivity contribution in [2.24, 2.45) is 0 Å². The Balaban J connectivity index is 2.45. The Bertz CT molecular complexity index is 713. The molecule has 2 atom stereocenters. The van der Waals surface area contributed by atoms with Crippen molar-refractivity contribution >= 4 is 34.6 Å². The van der Waals surface area contributed by atoms with Gasteiger partial charge in [-0.3, -0.25) is 0 Å². The molecule has 0 spiro atoms. The molecule has 0 N–H and O–H groups in total. The van der Waals surface area contributed by atoms with E-state index in [0.717, 1.165) is 16.9 Å². The Labute approximate surface area is 154 Å². The Morgan fingerprint density at radius 1 is 0.958 bits per heavy atom. The van der Waals surface area contributed by atoms with Crippen LogP contribution in [0.4, 0.5) is 11.4 Å². The minimum Gasteiger partial charge on any atom is -0.337 e. The molecule has 0 aliphatic heterocycles. The van der Waals surface area contributed by atoms with E-state index in [1.807, 2.05) is 69.3 Å². The van der Waals surface area contributed by atoms with Gasteiger partial charge in [-0.05, 0) is 69.7 Å². The van der Waals surface area contributed by atoms with Gasteiger partial charge in [0.05, 0.1) is 16.9 Å². The number of hydrogen-bond acceptors (Lipinski definition) is 2. The average molecular weight is 361 g/mol. The first kappa shape index (κ1) is 18.6. The highest BCUT2D eigenvalue weighted by atomic mass is 35.5. The molecule has 0 radical (unpaired) electrons. The van der Waals surface area contributed by atoms with Gasteiger partial charge >= 0.3 is 0 Å². The van der Waals surface area contributed by atoms with Crippen molar-refractivity contribution in [1.82, 2.24) is 0 Å². The van der Waals surface area contributed by atoms with Crippen LogP contribution in [0.2, 0.25) is 5.02 Å². The number of hydrogen-bond donors (Lipinski definition) is 0. The summed E-state index contributed by atoms with van der Waals surface area (Å²) in [6.45, 7) is 7.92. The zero-order valence-corrected chi connectivity index (χ0v) is 15.9. The van der Waals surface area contributed by atoms with E-state index in [4.69, 9.17) is 23.2 Å². The van der Waals surface area contributed by atoms with Crippen LogP contribution < -0.4 is 4.90 Å². The predicted octanol–water partition coefficient (Wildman–Crippen LogP) is 6.30. The number of halogens is 2. The number of anilines is 2. The molecule has 2 rings (SSSR count). The molecule has 0 aliphatic rings. The molecule has 0 amide bonds. The van der Waals surface area contributed by atoms with Crippen LogP contribution >= 0.6 is 23.2 Å². The molecule has 0 aliphatic carbocycles.